The Morgan fingerprint density at radius 2 is 1.23 bits per heavy atom. The lowest BCUT2D eigenvalue weighted by atomic mass is 10.1. The molecular weight excluding hydrogens is 434 g/mol. The van der Waals surface area contributed by atoms with Crippen LogP contribution in [0.3, 0.4) is 0 Å². The zero-order chi connectivity index (χ0) is 26.4. The van der Waals surface area contributed by atoms with Crippen molar-refractivity contribution >= 4 is 28.4 Å². The number of hydrogen-bond donors (Lipinski definition) is 2. The minimum absolute atomic E-state index is 0.831. The van der Waals surface area contributed by atoms with Crippen molar-refractivity contribution in [1.82, 2.24) is 10.4 Å². The Morgan fingerprint density at radius 1 is 0.686 bits per heavy atom. The summed E-state index contributed by atoms with van der Waals surface area (Å²) in [4.78, 5) is 7.27. The van der Waals surface area contributed by atoms with Gasteiger partial charge in [-0.25, -0.2) is 15.6 Å². The molecule has 0 radical (unpaired) electrons. The number of unbranched alkanes of at least 4 members (excludes halogenated alkanes) is 2. The van der Waals surface area contributed by atoms with Crippen molar-refractivity contribution in [3.63, 3.8) is 0 Å². The third-order valence-corrected chi connectivity index (χ3v) is 6.45. The summed E-state index contributed by atoms with van der Waals surface area (Å²) in [6, 6.07) is 2.21. The van der Waals surface area contributed by atoms with Gasteiger partial charge in [0.2, 0.25) is 0 Å². The molecule has 3 N–H and O–H groups in total. The second-order valence-corrected chi connectivity index (χ2v) is 9.57. The molecule has 0 saturated heterocycles. The van der Waals surface area contributed by atoms with E-state index in [9.17, 15) is 0 Å². The van der Waals surface area contributed by atoms with Crippen molar-refractivity contribution < 1.29 is 0 Å². The van der Waals surface area contributed by atoms with Gasteiger partial charge in [-0.15, -0.1) is 0 Å². The van der Waals surface area contributed by atoms with E-state index < -0.39 is 0 Å². The SMILES string of the molecule is CCCCN(CCCC)N(NCC)c1cc(N)c(N(C)C)c(N(CC)CC)c1N(CCC)CCC. The number of nitrogen functional groups attached to an aromatic ring is 1. The van der Waals surface area contributed by atoms with Gasteiger partial charge >= 0.3 is 0 Å². The van der Waals surface area contributed by atoms with E-state index in [1.807, 2.05) is 0 Å². The van der Waals surface area contributed by atoms with Crippen molar-refractivity contribution in [2.45, 2.75) is 87.0 Å². The molecule has 1 rings (SSSR count). The zero-order valence-electron chi connectivity index (χ0n) is 24.6. The summed E-state index contributed by atoms with van der Waals surface area (Å²) < 4.78 is 0. The Balaban J connectivity index is 4.03. The molecule has 1 aromatic rings. The van der Waals surface area contributed by atoms with E-state index in [4.69, 9.17) is 5.73 Å². The fourth-order valence-corrected chi connectivity index (χ4v) is 4.79. The van der Waals surface area contributed by atoms with Crippen LogP contribution in [-0.2, 0) is 0 Å². The van der Waals surface area contributed by atoms with Gasteiger partial charge in [-0.05, 0) is 45.6 Å². The highest BCUT2D eigenvalue weighted by Crippen LogP contribution is 2.48. The molecule has 0 aliphatic rings. The number of rotatable bonds is 19. The Labute approximate surface area is 217 Å². The molecule has 0 fully saturated rings. The molecule has 0 unspecified atom stereocenters. The number of benzene rings is 1. The van der Waals surface area contributed by atoms with Crippen LogP contribution in [0.25, 0.3) is 0 Å². The quantitative estimate of drug-likeness (QED) is 0.183. The lowest BCUT2D eigenvalue weighted by Crippen LogP contribution is -2.53. The highest BCUT2D eigenvalue weighted by Gasteiger charge is 2.29. The molecule has 7 heteroatoms. The number of nitrogens with one attached hydrogen (secondary N) is 1. The van der Waals surface area contributed by atoms with Crippen molar-refractivity contribution in [3.05, 3.63) is 6.07 Å². The van der Waals surface area contributed by atoms with Gasteiger partial charge in [0.25, 0.3) is 0 Å². The predicted molar refractivity (Wildman–Crippen MR) is 159 cm³/mol. The van der Waals surface area contributed by atoms with Gasteiger partial charge in [0.05, 0.1) is 28.4 Å². The number of anilines is 5. The molecule has 0 aromatic heterocycles. The van der Waals surface area contributed by atoms with Crippen LogP contribution in [0.15, 0.2) is 6.07 Å². The molecule has 0 aliphatic heterocycles. The highest BCUT2D eigenvalue weighted by molar-refractivity contribution is 5.99. The first-order valence-electron chi connectivity index (χ1n) is 14.3. The van der Waals surface area contributed by atoms with E-state index in [0.29, 0.717) is 0 Å². The average molecular weight is 492 g/mol. The third-order valence-electron chi connectivity index (χ3n) is 6.45. The first-order chi connectivity index (χ1) is 16.9. The number of hydrogen-bond acceptors (Lipinski definition) is 7. The smallest absolute Gasteiger partial charge is 0.0981 e. The molecule has 204 valence electrons. The van der Waals surface area contributed by atoms with Gasteiger partial charge in [0.1, 0.15) is 0 Å². The number of nitrogens with two attached hydrogens (primary N) is 1. The summed E-state index contributed by atoms with van der Waals surface area (Å²) in [6.45, 7) is 22.6. The molecule has 0 spiro atoms. The van der Waals surface area contributed by atoms with Gasteiger partial charge in [0, 0.05) is 59.9 Å². The second-order valence-electron chi connectivity index (χ2n) is 9.57. The Hall–Kier alpha value is -1.86. The van der Waals surface area contributed by atoms with Crippen LogP contribution >= 0.6 is 0 Å². The lowest BCUT2D eigenvalue weighted by Gasteiger charge is -2.42. The molecule has 0 heterocycles. The maximum Gasteiger partial charge on any atom is 0.0981 e. The fourth-order valence-electron chi connectivity index (χ4n) is 4.79. The van der Waals surface area contributed by atoms with Gasteiger partial charge < -0.3 is 20.4 Å². The summed E-state index contributed by atoms with van der Waals surface area (Å²) >= 11 is 0. The number of nitrogens with zero attached hydrogens (tertiary/aromatic N) is 5. The monoisotopic (exact) mass is 491 g/mol. The maximum atomic E-state index is 6.86. The van der Waals surface area contributed by atoms with Crippen LogP contribution < -0.4 is 31.0 Å². The van der Waals surface area contributed by atoms with E-state index in [0.717, 1.165) is 70.0 Å². The van der Waals surface area contributed by atoms with Gasteiger partial charge in [0.15, 0.2) is 0 Å². The van der Waals surface area contributed by atoms with Gasteiger partial charge in [-0.2, -0.15) is 0 Å². The topological polar surface area (TPSA) is 54.3 Å². The first kappa shape index (κ1) is 31.2. The summed E-state index contributed by atoms with van der Waals surface area (Å²) in [6.07, 6.45) is 6.91. The molecule has 0 atom stereocenters. The standard InChI is InChI=1S/C28H57N7/c1-10-17-21-34(22-18-11-2)35(30-14-5)25-23-24(29)26(31(8)9)28(32(15-6)16-7)27(25)33(19-12-3)20-13-4/h23,30H,10-22,29H2,1-9H3. The van der Waals surface area contributed by atoms with Crippen LogP contribution in [0, 0.1) is 0 Å². The van der Waals surface area contributed by atoms with E-state index in [2.05, 4.69) is 98.9 Å². The van der Waals surface area contributed by atoms with Crippen LogP contribution in [-0.4, -0.2) is 64.9 Å². The summed E-state index contributed by atoms with van der Waals surface area (Å²) in [5.74, 6) is 0. The summed E-state index contributed by atoms with van der Waals surface area (Å²) in [5, 5.41) is 4.84. The average Bonchev–Trinajstić information content (AvgIpc) is 2.83. The van der Waals surface area contributed by atoms with E-state index in [1.165, 1.54) is 42.7 Å². The normalized spacial score (nSPS) is 11.3. The molecule has 0 amide bonds. The van der Waals surface area contributed by atoms with Crippen molar-refractivity contribution in [1.29, 1.82) is 0 Å². The molecule has 35 heavy (non-hydrogen) atoms. The molecule has 0 aliphatic carbocycles. The van der Waals surface area contributed by atoms with Crippen LogP contribution in [0.1, 0.15) is 87.0 Å². The van der Waals surface area contributed by atoms with Crippen LogP contribution in [0.2, 0.25) is 0 Å². The van der Waals surface area contributed by atoms with Crippen molar-refractivity contribution in [2.24, 2.45) is 0 Å². The molecule has 1 aromatic carbocycles. The molecule has 7 nitrogen and oxygen atoms in total. The van der Waals surface area contributed by atoms with Gasteiger partial charge in [-0.3, -0.25) is 0 Å². The van der Waals surface area contributed by atoms with E-state index in [1.54, 1.807) is 0 Å². The predicted octanol–water partition coefficient (Wildman–Crippen LogP) is 5.96. The highest BCUT2D eigenvalue weighted by atomic mass is 15.8. The fraction of sp³-hybridized carbons (Fsp3) is 0.786. The molecule has 0 bridgehead atoms. The van der Waals surface area contributed by atoms with Crippen LogP contribution in [0.5, 0.6) is 0 Å². The summed E-state index contributed by atoms with van der Waals surface area (Å²) in [5.41, 5.74) is 16.3. The molecular formula is C28H57N7. The first-order valence-corrected chi connectivity index (χ1v) is 14.3. The Kier molecular flexibility index (Phi) is 14.9. The van der Waals surface area contributed by atoms with Crippen LogP contribution in [0.4, 0.5) is 28.4 Å². The maximum absolute atomic E-state index is 6.86. The third kappa shape index (κ3) is 8.35. The van der Waals surface area contributed by atoms with Gasteiger partial charge in [-0.1, -0.05) is 47.5 Å². The Morgan fingerprint density at radius 3 is 1.63 bits per heavy atom. The second kappa shape index (κ2) is 16.7. The largest absolute Gasteiger partial charge is 0.397 e. The molecule has 0 saturated carbocycles. The lowest BCUT2D eigenvalue weighted by molar-refractivity contribution is 0.214. The zero-order valence-corrected chi connectivity index (χ0v) is 24.6. The van der Waals surface area contributed by atoms with E-state index in [-0.39, 0.29) is 0 Å². The minimum Gasteiger partial charge on any atom is -0.397 e. The van der Waals surface area contributed by atoms with Crippen molar-refractivity contribution in [2.75, 3.05) is 85.5 Å². The minimum atomic E-state index is 0.831. The number of hydrazine groups is 2. The Bertz CT molecular complexity index is 689. The van der Waals surface area contributed by atoms with Crippen molar-refractivity contribution in [3.8, 4) is 0 Å². The summed E-state index contributed by atoms with van der Waals surface area (Å²) in [7, 11) is 4.23. The van der Waals surface area contributed by atoms with E-state index >= 15 is 0 Å².